The topological polar surface area (TPSA) is 115 Å². The number of hydrogen-bond donors (Lipinski definition) is 2. The predicted octanol–water partition coefficient (Wildman–Crippen LogP) is 4.51. The minimum absolute atomic E-state index is 0.00264. The van der Waals surface area contributed by atoms with E-state index in [0.29, 0.717) is 16.2 Å². The summed E-state index contributed by atoms with van der Waals surface area (Å²) in [6.45, 7) is 0. The van der Waals surface area contributed by atoms with Crippen LogP contribution >= 0.6 is 11.6 Å². The molecule has 0 bridgehead atoms. The van der Waals surface area contributed by atoms with Gasteiger partial charge >= 0.3 is 5.63 Å². The highest BCUT2D eigenvalue weighted by molar-refractivity contribution is 7.92. The Morgan fingerprint density at radius 1 is 0.970 bits per heavy atom. The van der Waals surface area contributed by atoms with Crippen molar-refractivity contribution in [3.8, 4) is 5.75 Å². The fraction of sp³-hybridized carbons (Fsp3) is 0.0435. The van der Waals surface area contributed by atoms with Gasteiger partial charge in [0, 0.05) is 10.4 Å². The van der Waals surface area contributed by atoms with Crippen LogP contribution in [-0.2, 0) is 10.0 Å². The first kappa shape index (κ1) is 22.4. The summed E-state index contributed by atoms with van der Waals surface area (Å²) in [6, 6.07) is 18.2. The Morgan fingerprint density at radius 3 is 2.36 bits per heavy atom. The highest BCUT2D eigenvalue weighted by Crippen LogP contribution is 2.27. The molecule has 1 heterocycles. The summed E-state index contributed by atoms with van der Waals surface area (Å²) in [6.07, 6.45) is 0. The van der Waals surface area contributed by atoms with E-state index in [1.807, 2.05) is 0 Å². The lowest BCUT2D eigenvalue weighted by atomic mass is 10.1. The molecule has 8 nitrogen and oxygen atoms in total. The lowest BCUT2D eigenvalue weighted by Gasteiger charge is -2.13. The van der Waals surface area contributed by atoms with Gasteiger partial charge < -0.3 is 14.5 Å². The molecule has 1 aromatic heterocycles. The molecular formula is C23H17ClN2O6S. The molecule has 0 saturated heterocycles. The van der Waals surface area contributed by atoms with Crippen molar-refractivity contribution >= 4 is 49.9 Å². The average Bonchev–Trinajstić information content (AvgIpc) is 2.79. The van der Waals surface area contributed by atoms with Crippen molar-refractivity contribution in [2.24, 2.45) is 0 Å². The van der Waals surface area contributed by atoms with Crippen LogP contribution in [0.15, 0.2) is 86.9 Å². The van der Waals surface area contributed by atoms with E-state index in [1.54, 1.807) is 30.3 Å². The number of fused-ring (bicyclic) bond motifs is 1. The number of hydrogen-bond acceptors (Lipinski definition) is 6. The number of amides is 1. The van der Waals surface area contributed by atoms with E-state index < -0.39 is 21.6 Å². The predicted molar refractivity (Wildman–Crippen MR) is 126 cm³/mol. The summed E-state index contributed by atoms with van der Waals surface area (Å²) in [5.41, 5.74) is -0.606. The second-order valence-corrected chi connectivity index (χ2v) is 9.00. The smallest absolute Gasteiger partial charge is 0.349 e. The van der Waals surface area contributed by atoms with Gasteiger partial charge in [-0.05, 0) is 48.5 Å². The SMILES string of the molecule is COc1cccc2cc(C(=O)Nc3ccccc3NS(=O)(=O)c3ccc(Cl)cc3)c(=O)oc12. The van der Waals surface area contributed by atoms with Gasteiger partial charge in [-0.25, -0.2) is 13.2 Å². The van der Waals surface area contributed by atoms with E-state index >= 15 is 0 Å². The quantitative estimate of drug-likeness (QED) is 0.389. The monoisotopic (exact) mass is 484 g/mol. The van der Waals surface area contributed by atoms with Gasteiger partial charge in [-0.15, -0.1) is 0 Å². The van der Waals surface area contributed by atoms with Crippen LogP contribution in [0.1, 0.15) is 10.4 Å². The third-order valence-corrected chi connectivity index (χ3v) is 6.37. The molecule has 0 aliphatic heterocycles. The van der Waals surface area contributed by atoms with Gasteiger partial charge in [-0.2, -0.15) is 0 Å². The number of sulfonamides is 1. The van der Waals surface area contributed by atoms with Gasteiger partial charge in [-0.3, -0.25) is 9.52 Å². The molecule has 0 radical (unpaired) electrons. The van der Waals surface area contributed by atoms with Gasteiger partial charge in [0.05, 0.1) is 23.4 Å². The molecule has 4 aromatic rings. The van der Waals surface area contributed by atoms with Crippen LogP contribution in [0, 0.1) is 0 Å². The Hall–Kier alpha value is -3.82. The number of nitrogens with one attached hydrogen (secondary N) is 2. The highest BCUT2D eigenvalue weighted by atomic mass is 35.5. The van der Waals surface area contributed by atoms with Crippen molar-refractivity contribution in [2.75, 3.05) is 17.1 Å². The van der Waals surface area contributed by atoms with Crippen LogP contribution in [0.4, 0.5) is 11.4 Å². The average molecular weight is 485 g/mol. The molecule has 3 aromatic carbocycles. The zero-order valence-corrected chi connectivity index (χ0v) is 18.7. The number of halogens is 1. The maximum atomic E-state index is 12.9. The van der Waals surface area contributed by atoms with E-state index in [0.717, 1.165) is 0 Å². The van der Waals surface area contributed by atoms with Crippen molar-refractivity contribution in [3.63, 3.8) is 0 Å². The Bertz CT molecular complexity index is 1510. The maximum absolute atomic E-state index is 12.9. The third kappa shape index (κ3) is 4.69. The van der Waals surface area contributed by atoms with Crippen molar-refractivity contribution in [1.29, 1.82) is 0 Å². The number of rotatable bonds is 6. The minimum atomic E-state index is -3.95. The molecule has 0 atom stereocenters. The molecule has 1 amide bonds. The molecule has 0 fully saturated rings. The maximum Gasteiger partial charge on any atom is 0.349 e. The number of carbonyl (C=O) groups is 1. The van der Waals surface area contributed by atoms with Crippen LogP contribution in [0.2, 0.25) is 5.02 Å². The summed E-state index contributed by atoms with van der Waals surface area (Å²) in [7, 11) is -2.51. The fourth-order valence-electron chi connectivity index (χ4n) is 3.12. The lowest BCUT2D eigenvalue weighted by Crippen LogP contribution is -2.22. The molecule has 168 valence electrons. The first-order valence-corrected chi connectivity index (χ1v) is 11.4. The first-order chi connectivity index (χ1) is 15.8. The molecular weight excluding hydrogens is 468 g/mol. The number of methoxy groups -OCH3 is 1. The van der Waals surface area contributed by atoms with Crippen LogP contribution in [0.5, 0.6) is 5.75 Å². The minimum Gasteiger partial charge on any atom is -0.493 e. The largest absolute Gasteiger partial charge is 0.493 e. The summed E-state index contributed by atoms with van der Waals surface area (Å²) >= 11 is 5.83. The summed E-state index contributed by atoms with van der Waals surface area (Å²) in [5, 5.41) is 3.46. The van der Waals surface area contributed by atoms with Gasteiger partial charge in [-0.1, -0.05) is 35.9 Å². The zero-order valence-electron chi connectivity index (χ0n) is 17.2. The second kappa shape index (κ2) is 8.97. The van der Waals surface area contributed by atoms with Gasteiger partial charge in [0.2, 0.25) is 0 Å². The Labute approximate surface area is 193 Å². The van der Waals surface area contributed by atoms with E-state index in [-0.39, 0.29) is 27.4 Å². The van der Waals surface area contributed by atoms with E-state index in [2.05, 4.69) is 10.0 Å². The van der Waals surface area contributed by atoms with Crippen molar-refractivity contribution in [3.05, 3.63) is 93.8 Å². The standard InChI is InChI=1S/C23H17ClN2O6S/c1-31-20-8-4-5-14-13-17(23(28)32-21(14)20)22(27)25-18-6-2-3-7-19(18)26-33(29,30)16-11-9-15(24)10-12-16/h2-13,26H,1H3,(H,25,27). The fourth-order valence-corrected chi connectivity index (χ4v) is 4.33. The Kier molecular flexibility index (Phi) is 6.08. The lowest BCUT2D eigenvalue weighted by molar-refractivity contribution is 0.102. The number of para-hydroxylation sites is 3. The molecule has 10 heteroatoms. The highest BCUT2D eigenvalue weighted by Gasteiger charge is 2.19. The second-order valence-electron chi connectivity index (χ2n) is 6.89. The molecule has 0 aliphatic carbocycles. The van der Waals surface area contributed by atoms with Crippen LogP contribution < -0.4 is 20.4 Å². The molecule has 0 aliphatic rings. The Morgan fingerprint density at radius 2 is 1.67 bits per heavy atom. The number of benzene rings is 3. The van der Waals surface area contributed by atoms with Crippen LogP contribution in [-0.4, -0.2) is 21.4 Å². The van der Waals surface area contributed by atoms with Crippen LogP contribution in [0.3, 0.4) is 0 Å². The van der Waals surface area contributed by atoms with Gasteiger partial charge in [0.15, 0.2) is 11.3 Å². The summed E-state index contributed by atoms with van der Waals surface area (Å²) in [4.78, 5) is 25.3. The molecule has 0 saturated carbocycles. The molecule has 0 unspecified atom stereocenters. The molecule has 4 rings (SSSR count). The molecule has 0 spiro atoms. The van der Waals surface area contributed by atoms with E-state index in [9.17, 15) is 18.0 Å². The summed E-state index contributed by atoms with van der Waals surface area (Å²) < 4.78 is 38.4. The summed E-state index contributed by atoms with van der Waals surface area (Å²) in [5.74, 6) is -0.398. The van der Waals surface area contributed by atoms with Crippen molar-refractivity contribution in [2.45, 2.75) is 4.90 Å². The first-order valence-electron chi connectivity index (χ1n) is 9.58. The van der Waals surface area contributed by atoms with Crippen molar-refractivity contribution < 1.29 is 22.4 Å². The number of ether oxygens (including phenoxy) is 1. The normalized spacial score (nSPS) is 11.2. The molecule has 2 N–H and O–H groups in total. The third-order valence-electron chi connectivity index (χ3n) is 4.73. The van der Waals surface area contributed by atoms with E-state index in [4.69, 9.17) is 20.8 Å². The molecule has 33 heavy (non-hydrogen) atoms. The zero-order chi connectivity index (χ0) is 23.6. The van der Waals surface area contributed by atoms with E-state index in [1.165, 1.54) is 49.6 Å². The van der Waals surface area contributed by atoms with Gasteiger partial charge in [0.25, 0.3) is 15.9 Å². The van der Waals surface area contributed by atoms with Crippen molar-refractivity contribution in [1.82, 2.24) is 0 Å². The number of carbonyl (C=O) groups excluding carboxylic acids is 1. The van der Waals surface area contributed by atoms with Crippen LogP contribution in [0.25, 0.3) is 11.0 Å². The Balaban J connectivity index is 1.64. The van der Waals surface area contributed by atoms with Gasteiger partial charge in [0.1, 0.15) is 5.56 Å². The number of anilines is 2.